The molecule has 0 radical (unpaired) electrons. The summed E-state index contributed by atoms with van der Waals surface area (Å²) in [6.07, 6.45) is -1.02. The van der Waals surface area contributed by atoms with Gasteiger partial charge < -0.3 is 15.5 Å². The van der Waals surface area contributed by atoms with E-state index in [0.717, 1.165) is 11.1 Å². The number of likely N-dealkylation sites (N-methyl/N-ethyl adjacent to an activating group) is 1. The molecule has 1 aliphatic rings. The van der Waals surface area contributed by atoms with Gasteiger partial charge in [-0.25, -0.2) is 15.0 Å². The van der Waals surface area contributed by atoms with Gasteiger partial charge in [-0.2, -0.15) is 0 Å². The van der Waals surface area contributed by atoms with Crippen LogP contribution in [0.4, 0.5) is 11.6 Å². The number of carbonyl (C=O) groups excluding carboxylic acids is 1. The fourth-order valence-corrected chi connectivity index (χ4v) is 3.97. The average Bonchev–Trinajstić information content (AvgIpc) is 2.84. The van der Waals surface area contributed by atoms with Crippen molar-refractivity contribution in [2.75, 3.05) is 17.3 Å². The summed E-state index contributed by atoms with van der Waals surface area (Å²) in [5.41, 5.74) is 2.83. The maximum absolute atomic E-state index is 13.2. The lowest BCUT2D eigenvalue weighted by Crippen LogP contribution is -2.47. The number of hydrogen-bond donors (Lipinski definition) is 2. The molecule has 162 valence electrons. The highest BCUT2D eigenvalue weighted by Crippen LogP contribution is 2.29. The molecule has 3 aromatic rings. The predicted octanol–water partition coefficient (Wildman–Crippen LogP) is 4.56. The minimum absolute atomic E-state index is 0.0789. The number of nitrogens with one attached hydrogen (secondary N) is 2. The number of aromatic nitrogens is 2. The second-order valence-corrected chi connectivity index (χ2v) is 8.36. The number of benzodiazepines with no additional fused rings is 1. The third-order valence-electron chi connectivity index (χ3n) is 4.60. The minimum Gasteiger partial charge on any atom is -0.333 e. The number of rotatable bonds is 3. The first kappa shape index (κ1) is 22.4. The molecule has 0 saturated carbocycles. The first-order valence-corrected chi connectivity index (χ1v) is 10.8. The van der Waals surface area contributed by atoms with Crippen LogP contribution in [0.1, 0.15) is 11.1 Å². The number of fused-ring (bicyclic) bond motifs is 1. The molecule has 1 unspecified atom stereocenters. The van der Waals surface area contributed by atoms with Crippen molar-refractivity contribution in [2.24, 2.45) is 4.99 Å². The number of aliphatic imine (C=N–C) groups is 1. The van der Waals surface area contributed by atoms with Crippen LogP contribution in [0, 0.1) is 0 Å². The largest absolute Gasteiger partial charge is 0.333 e. The van der Waals surface area contributed by atoms with E-state index >= 15 is 0 Å². The number of carbonyl (C=O) groups is 1. The summed E-state index contributed by atoms with van der Waals surface area (Å²) in [6, 6.07) is 16.2. The highest BCUT2D eigenvalue weighted by molar-refractivity contribution is 7.80. The Bertz CT molecular complexity index is 1220. The molecule has 2 heterocycles. The van der Waals surface area contributed by atoms with E-state index in [1.54, 1.807) is 25.2 Å². The molecule has 2 N–H and O–H groups in total. The Labute approximate surface area is 204 Å². The standard InChI is InChI=1S/C21H15Cl3N6OS/c1-30-14-8-7-12(22)9-13(14)17(11-5-3-2-4-6-11)27-18(19(30)31)28-21(32)29-20-25-15(23)10-16(24)26-20/h2-10,18H,1H3,(H2,25,26,28,29,32). The quantitative estimate of drug-likeness (QED) is 0.401. The normalized spacial score (nSPS) is 15.5. The van der Waals surface area contributed by atoms with Crippen molar-refractivity contribution in [3.05, 3.63) is 81.1 Å². The van der Waals surface area contributed by atoms with Crippen molar-refractivity contribution in [2.45, 2.75) is 6.17 Å². The Balaban J connectivity index is 1.71. The van der Waals surface area contributed by atoms with Crippen LogP contribution in [0.15, 0.2) is 59.6 Å². The first-order valence-electron chi connectivity index (χ1n) is 9.30. The fraction of sp³-hybridized carbons (Fsp3) is 0.0952. The van der Waals surface area contributed by atoms with Gasteiger partial charge in [-0.05, 0) is 30.4 Å². The highest BCUT2D eigenvalue weighted by Gasteiger charge is 2.30. The van der Waals surface area contributed by atoms with Crippen LogP contribution in [0.25, 0.3) is 0 Å². The van der Waals surface area contributed by atoms with Gasteiger partial charge in [-0.15, -0.1) is 0 Å². The lowest BCUT2D eigenvalue weighted by molar-refractivity contribution is -0.119. The van der Waals surface area contributed by atoms with Gasteiger partial charge in [0.1, 0.15) is 10.3 Å². The van der Waals surface area contributed by atoms with E-state index in [1.807, 2.05) is 30.3 Å². The Hall–Kier alpha value is -2.78. The van der Waals surface area contributed by atoms with E-state index in [1.165, 1.54) is 11.0 Å². The van der Waals surface area contributed by atoms with E-state index in [-0.39, 0.29) is 27.3 Å². The van der Waals surface area contributed by atoms with E-state index < -0.39 is 6.17 Å². The van der Waals surface area contributed by atoms with Gasteiger partial charge in [-0.3, -0.25) is 4.79 Å². The number of amides is 1. The third-order valence-corrected chi connectivity index (χ3v) is 5.44. The van der Waals surface area contributed by atoms with Gasteiger partial charge in [0.05, 0.1) is 11.4 Å². The summed E-state index contributed by atoms with van der Waals surface area (Å²) in [7, 11) is 1.67. The molecule has 0 spiro atoms. The van der Waals surface area contributed by atoms with Crippen LogP contribution in [0.2, 0.25) is 15.3 Å². The summed E-state index contributed by atoms with van der Waals surface area (Å²) in [5.74, 6) is -0.217. The van der Waals surface area contributed by atoms with Gasteiger partial charge in [0.25, 0.3) is 5.91 Å². The monoisotopic (exact) mass is 504 g/mol. The van der Waals surface area contributed by atoms with Gasteiger partial charge >= 0.3 is 0 Å². The van der Waals surface area contributed by atoms with Crippen molar-refractivity contribution >= 4 is 75.4 Å². The molecule has 7 nitrogen and oxygen atoms in total. The smallest absolute Gasteiger partial charge is 0.272 e. The highest BCUT2D eigenvalue weighted by atomic mass is 35.5. The van der Waals surface area contributed by atoms with Crippen LogP contribution in [-0.4, -0.2) is 39.9 Å². The predicted molar refractivity (Wildman–Crippen MR) is 132 cm³/mol. The number of nitrogens with zero attached hydrogens (tertiary/aromatic N) is 4. The minimum atomic E-state index is -1.02. The molecule has 1 aromatic heterocycles. The van der Waals surface area contributed by atoms with Gasteiger partial charge in [-0.1, -0.05) is 65.1 Å². The summed E-state index contributed by atoms with van der Waals surface area (Å²) >= 11 is 23.4. The van der Waals surface area contributed by atoms with Crippen LogP contribution in [0.5, 0.6) is 0 Å². The summed E-state index contributed by atoms with van der Waals surface area (Å²) in [5, 5.41) is 6.61. The van der Waals surface area contributed by atoms with Gasteiger partial charge in [0.15, 0.2) is 5.11 Å². The first-order chi connectivity index (χ1) is 15.3. The third kappa shape index (κ3) is 4.83. The molecule has 2 aromatic carbocycles. The molecule has 11 heteroatoms. The van der Waals surface area contributed by atoms with Gasteiger partial charge in [0, 0.05) is 29.3 Å². The molecule has 0 fully saturated rings. The zero-order chi connectivity index (χ0) is 22.8. The Morgan fingerprint density at radius 3 is 2.41 bits per heavy atom. The van der Waals surface area contributed by atoms with E-state index in [9.17, 15) is 4.79 Å². The lowest BCUT2D eigenvalue weighted by atomic mass is 10.0. The number of thiocarbonyl (C=S) groups is 1. The number of anilines is 2. The molecule has 1 amide bonds. The van der Waals surface area contributed by atoms with Crippen molar-refractivity contribution in [1.82, 2.24) is 15.3 Å². The number of halogens is 3. The molecular formula is C21H15Cl3N6OS. The van der Waals surface area contributed by atoms with E-state index in [0.29, 0.717) is 16.4 Å². The van der Waals surface area contributed by atoms with E-state index in [4.69, 9.17) is 52.0 Å². The van der Waals surface area contributed by atoms with Crippen LogP contribution >= 0.6 is 47.0 Å². The molecular weight excluding hydrogens is 491 g/mol. The molecule has 1 atom stereocenters. The lowest BCUT2D eigenvalue weighted by Gasteiger charge is -2.21. The molecule has 32 heavy (non-hydrogen) atoms. The summed E-state index contributed by atoms with van der Waals surface area (Å²) in [6.45, 7) is 0. The summed E-state index contributed by atoms with van der Waals surface area (Å²) < 4.78 is 0. The Kier molecular flexibility index (Phi) is 6.57. The maximum atomic E-state index is 13.2. The Morgan fingerprint density at radius 1 is 1.03 bits per heavy atom. The second kappa shape index (κ2) is 9.38. The van der Waals surface area contributed by atoms with Gasteiger partial charge in [0.2, 0.25) is 12.1 Å². The van der Waals surface area contributed by atoms with Crippen molar-refractivity contribution in [3.63, 3.8) is 0 Å². The SMILES string of the molecule is CN1C(=O)C(NC(=S)Nc2nc(Cl)cc(Cl)n2)N=C(c2ccccc2)c2cc(Cl)ccc21. The average molecular weight is 506 g/mol. The number of hydrogen-bond acceptors (Lipinski definition) is 5. The molecule has 4 rings (SSSR count). The van der Waals surface area contributed by atoms with E-state index in [2.05, 4.69) is 20.6 Å². The zero-order valence-electron chi connectivity index (χ0n) is 16.5. The van der Waals surface area contributed by atoms with Crippen molar-refractivity contribution in [1.29, 1.82) is 0 Å². The number of benzene rings is 2. The topological polar surface area (TPSA) is 82.5 Å². The molecule has 1 aliphatic heterocycles. The second-order valence-electron chi connectivity index (χ2n) is 6.74. The van der Waals surface area contributed by atoms with Crippen LogP contribution in [-0.2, 0) is 4.79 Å². The molecule has 0 bridgehead atoms. The Morgan fingerprint density at radius 2 is 1.72 bits per heavy atom. The van der Waals surface area contributed by atoms with Crippen LogP contribution < -0.4 is 15.5 Å². The van der Waals surface area contributed by atoms with Crippen molar-refractivity contribution in [3.8, 4) is 0 Å². The summed E-state index contributed by atoms with van der Waals surface area (Å²) in [4.78, 5) is 27.5. The van der Waals surface area contributed by atoms with Crippen molar-refractivity contribution < 1.29 is 4.79 Å². The molecule has 0 saturated heterocycles. The maximum Gasteiger partial charge on any atom is 0.272 e. The van der Waals surface area contributed by atoms with Crippen LogP contribution in [0.3, 0.4) is 0 Å². The zero-order valence-corrected chi connectivity index (χ0v) is 19.6. The fourth-order valence-electron chi connectivity index (χ4n) is 3.17. The molecule has 0 aliphatic carbocycles.